The molecule has 10 nitrogen and oxygen atoms in total. The van der Waals surface area contributed by atoms with Crippen molar-refractivity contribution >= 4 is 24.1 Å². The smallest absolute Gasteiger partial charge is 0.408 e. The quantitative estimate of drug-likeness (QED) is 0.131. The van der Waals surface area contributed by atoms with Gasteiger partial charge in [-0.15, -0.1) is 0 Å². The lowest BCUT2D eigenvalue weighted by molar-refractivity contribution is -0.157. The Morgan fingerprint density at radius 3 is 1.83 bits per heavy atom. The Balaban J connectivity index is 1.47. The van der Waals surface area contributed by atoms with E-state index in [1.54, 1.807) is 41.5 Å². The summed E-state index contributed by atoms with van der Waals surface area (Å²) >= 11 is 0. The molecule has 4 rings (SSSR count). The average molecular weight is 657 g/mol. The largest absolute Gasteiger partial charge is 0.459 e. The Bertz CT molecular complexity index is 1580. The SMILES string of the molecule is CC(C)(C)OC(=O)N[C@H](C/C=C/[C@H](NC(=O)OCC1c2ccccc2-c2ccccc21)C(=O)OCc1ccccc1)C(=O)OC(C)(C)C. The Hall–Kier alpha value is -5.12. The molecule has 1 aliphatic carbocycles. The van der Waals surface area contributed by atoms with E-state index < -0.39 is 47.4 Å². The van der Waals surface area contributed by atoms with Gasteiger partial charge in [-0.2, -0.15) is 0 Å². The molecule has 0 radical (unpaired) electrons. The summed E-state index contributed by atoms with van der Waals surface area (Å²) in [5.74, 6) is -1.60. The van der Waals surface area contributed by atoms with Gasteiger partial charge in [-0.25, -0.2) is 19.2 Å². The van der Waals surface area contributed by atoms with Crippen LogP contribution in [0.1, 0.15) is 70.6 Å². The molecule has 2 N–H and O–H groups in total. The van der Waals surface area contributed by atoms with Gasteiger partial charge in [0.1, 0.15) is 36.5 Å². The maximum absolute atomic E-state index is 13.2. The number of ether oxygens (including phenoxy) is 4. The monoisotopic (exact) mass is 656 g/mol. The molecule has 0 saturated carbocycles. The molecule has 2 atom stereocenters. The zero-order valence-electron chi connectivity index (χ0n) is 28.3. The van der Waals surface area contributed by atoms with E-state index in [9.17, 15) is 19.2 Å². The number of alkyl carbamates (subject to hydrolysis) is 2. The Labute approximate surface area is 281 Å². The minimum Gasteiger partial charge on any atom is -0.459 e. The molecule has 0 saturated heterocycles. The van der Waals surface area contributed by atoms with E-state index >= 15 is 0 Å². The van der Waals surface area contributed by atoms with Crippen LogP contribution >= 0.6 is 0 Å². The van der Waals surface area contributed by atoms with Crippen molar-refractivity contribution in [2.75, 3.05) is 6.61 Å². The predicted octanol–water partition coefficient (Wildman–Crippen LogP) is 6.82. The number of esters is 2. The van der Waals surface area contributed by atoms with E-state index in [1.807, 2.05) is 78.9 Å². The van der Waals surface area contributed by atoms with Crippen molar-refractivity contribution in [1.82, 2.24) is 10.6 Å². The lowest BCUT2D eigenvalue weighted by Gasteiger charge is -2.25. The fraction of sp³-hybridized carbons (Fsp3) is 0.368. The third-order valence-corrected chi connectivity index (χ3v) is 7.18. The molecule has 2 amide bonds. The first kappa shape index (κ1) is 35.7. The molecule has 0 aliphatic heterocycles. The second-order valence-corrected chi connectivity index (χ2v) is 13.4. The Kier molecular flexibility index (Phi) is 11.6. The molecule has 48 heavy (non-hydrogen) atoms. The van der Waals surface area contributed by atoms with Gasteiger partial charge in [-0.05, 0) is 75.8 Å². The highest BCUT2D eigenvalue weighted by Crippen LogP contribution is 2.44. The second-order valence-electron chi connectivity index (χ2n) is 13.4. The minimum absolute atomic E-state index is 0.0167. The van der Waals surface area contributed by atoms with Gasteiger partial charge in [-0.1, -0.05) is 91.0 Å². The van der Waals surface area contributed by atoms with Crippen molar-refractivity contribution < 1.29 is 38.1 Å². The van der Waals surface area contributed by atoms with Gasteiger partial charge >= 0.3 is 24.1 Å². The zero-order valence-corrected chi connectivity index (χ0v) is 28.3. The van der Waals surface area contributed by atoms with Crippen molar-refractivity contribution in [2.24, 2.45) is 0 Å². The van der Waals surface area contributed by atoms with Crippen LogP contribution in [-0.4, -0.2) is 54.0 Å². The number of hydrogen-bond acceptors (Lipinski definition) is 8. The van der Waals surface area contributed by atoms with Gasteiger partial charge in [0.2, 0.25) is 0 Å². The zero-order chi connectivity index (χ0) is 34.9. The van der Waals surface area contributed by atoms with Gasteiger partial charge in [0.05, 0.1) is 0 Å². The molecule has 0 bridgehead atoms. The van der Waals surface area contributed by atoms with Crippen LogP contribution in [0.5, 0.6) is 0 Å². The van der Waals surface area contributed by atoms with Crippen LogP contribution < -0.4 is 10.6 Å². The number of carbonyl (C=O) groups is 4. The molecule has 0 fully saturated rings. The van der Waals surface area contributed by atoms with Crippen LogP contribution in [0, 0.1) is 0 Å². The maximum Gasteiger partial charge on any atom is 0.408 e. The summed E-state index contributed by atoms with van der Waals surface area (Å²) in [4.78, 5) is 51.9. The molecule has 3 aromatic carbocycles. The van der Waals surface area contributed by atoms with Crippen LogP contribution in [0.25, 0.3) is 11.1 Å². The number of nitrogens with one attached hydrogen (secondary N) is 2. The first-order chi connectivity index (χ1) is 22.7. The summed E-state index contributed by atoms with van der Waals surface area (Å²) in [5.41, 5.74) is 3.44. The van der Waals surface area contributed by atoms with Crippen LogP contribution in [-0.2, 0) is 35.1 Å². The first-order valence-electron chi connectivity index (χ1n) is 15.9. The highest BCUT2D eigenvalue weighted by molar-refractivity contribution is 5.84. The predicted molar refractivity (Wildman–Crippen MR) is 181 cm³/mol. The van der Waals surface area contributed by atoms with Crippen LogP contribution in [0.2, 0.25) is 0 Å². The summed E-state index contributed by atoms with van der Waals surface area (Å²) < 4.78 is 22.0. The van der Waals surface area contributed by atoms with Crippen LogP contribution in [0.4, 0.5) is 9.59 Å². The van der Waals surface area contributed by atoms with E-state index in [2.05, 4.69) is 10.6 Å². The molecule has 0 spiro atoms. The van der Waals surface area contributed by atoms with Crippen molar-refractivity contribution in [3.05, 3.63) is 108 Å². The maximum atomic E-state index is 13.2. The van der Waals surface area contributed by atoms with E-state index in [0.717, 1.165) is 27.8 Å². The van der Waals surface area contributed by atoms with Crippen molar-refractivity contribution in [3.8, 4) is 11.1 Å². The highest BCUT2D eigenvalue weighted by Gasteiger charge is 2.31. The number of hydrogen-bond donors (Lipinski definition) is 2. The summed E-state index contributed by atoms with van der Waals surface area (Å²) in [6.07, 6.45) is 1.19. The summed E-state index contributed by atoms with van der Waals surface area (Å²) in [7, 11) is 0. The third-order valence-electron chi connectivity index (χ3n) is 7.18. The molecular formula is C38H44N2O8. The summed E-state index contributed by atoms with van der Waals surface area (Å²) in [5, 5.41) is 5.13. The molecule has 0 unspecified atom stereocenters. The van der Waals surface area contributed by atoms with E-state index in [-0.39, 0.29) is 25.6 Å². The molecule has 1 aliphatic rings. The van der Waals surface area contributed by atoms with Crippen molar-refractivity contribution in [3.63, 3.8) is 0 Å². The summed E-state index contributed by atoms with van der Waals surface area (Å²) in [6, 6.07) is 22.7. The molecule has 254 valence electrons. The molecule has 0 heterocycles. The van der Waals surface area contributed by atoms with Gasteiger partial charge in [0.25, 0.3) is 0 Å². The van der Waals surface area contributed by atoms with Crippen LogP contribution in [0.3, 0.4) is 0 Å². The van der Waals surface area contributed by atoms with Gasteiger partial charge < -0.3 is 29.6 Å². The first-order valence-corrected chi connectivity index (χ1v) is 15.9. The minimum atomic E-state index is -1.26. The summed E-state index contributed by atoms with van der Waals surface area (Å²) in [6.45, 7) is 10.3. The Morgan fingerprint density at radius 1 is 0.688 bits per heavy atom. The van der Waals surface area contributed by atoms with Gasteiger partial charge in [0, 0.05) is 5.92 Å². The molecular weight excluding hydrogens is 612 g/mol. The normalized spacial score (nSPS) is 13.9. The molecule has 10 heteroatoms. The number of fused-ring (bicyclic) bond motifs is 3. The van der Waals surface area contributed by atoms with Gasteiger partial charge in [-0.3, -0.25) is 0 Å². The van der Waals surface area contributed by atoms with E-state index in [4.69, 9.17) is 18.9 Å². The number of amides is 2. The third kappa shape index (κ3) is 10.4. The van der Waals surface area contributed by atoms with E-state index in [1.165, 1.54) is 12.2 Å². The van der Waals surface area contributed by atoms with E-state index in [0.29, 0.717) is 0 Å². The van der Waals surface area contributed by atoms with Crippen molar-refractivity contribution in [2.45, 2.75) is 83.8 Å². The van der Waals surface area contributed by atoms with Crippen molar-refractivity contribution in [1.29, 1.82) is 0 Å². The lowest BCUT2D eigenvalue weighted by atomic mass is 9.98. The fourth-order valence-corrected chi connectivity index (χ4v) is 5.16. The van der Waals surface area contributed by atoms with Crippen LogP contribution in [0.15, 0.2) is 91.0 Å². The second kappa shape index (κ2) is 15.6. The fourth-order valence-electron chi connectivity index (χ4n) is 5.16. The molecule has 3 aromatic rings. The lowest BCUT2D eigenvalue weighted by Crippen LogP contribution is -2.46. The Morgan fingerprint density at radius 2 is 1.25 bits per heavy atom. The molecule has 0 aromatic heterocycles. The average Bonchev–Trinajstić information content (AvgIpc) is 3.34. The number of benzene rings is 3. The number of carbonyl (C=O) groups excluding carboxylic acids is 4. The number of rotatable bonds is 11. The highest BCUT2D eigenvalue weighted by atomic mass is 16.6. The van der Waals surface area contributed by atoms with Gasteiger partial charge in [0.15, 0.2) is 0 Å². The standard InChI is InChI=1S/C38H44N2O8/c1-37(2,3)47-34(42)32(40-36(44)48-38(4,5)6)22-14-21-31(33(41)45-23-25-15-8-7-9-16-25)39-35(43)46-24-30-28-19-12-10-17-26(28)27-18-11-13-20-29(27)30/h7-21,30-32H,22-24H2,1-6H3,(H,39,43)(H,40,44)/b21-14+/t31-,32+/m0/s1. The topological polar surface area (TPSA) is 129 Å².